The number of likely N-dealkylation sites (tertiary alicyclic amines) is 1. The second-order valence-corrected chi connectivity index (χ2v) is 8.59. The highest BCUT2D eigenvalue weighted by Crippen LogP contribution is 2.34. The number of aliphatic hydroxyl groups is 1. The van der Waals surface area contributed by atoms with Gasteiger partial charge in [0.15, 0.2) is 0 Å². The van der Waals surface area contributed by atoms with Gasteiger partial charge in [-0.3, -0.25) is 9.69 Å². The molecule has 0 unspecified atom stereocenters. The summed E-state index contributed by atoms with van der Waals surface area (Å²) in [4.78, 5) is 21.5. The molecular formula is C23H32N4O2. The Bertz CT molecular complexity index is 849. The number of imidazole rings is 1. The topological polar surface area (TPSA) is 61.6 Å². The van der Waals surface area contributed by atoms with Gasteiger partial charge in [-0.25, -0.2) is 4.98 Å². The van der Waals surface area contributed by atoms with Crippen LogP contribution in [-0.4, -0.2) is 57.0 Å². The fraction of sp³-hybridized carbons (Fsp3) is 0.565. The summed E-state index contributed by atoms with van der Waals surface area (Å²) in [6.07, 6.45) is 8.21. The van der Waals surface area contributed by atoms with Gasteiger partial charge in [-0.2, -0.15) is 0 Å². The molecule has 1 aliphatic carbocycles. The van der Waals surface area contributed by atoms with Crippen molar-refractivity contribution in [2.75, 3.05) is 26.7 Å². The number of piperidine rings is 1. The number of carbonyl (C=O) groups excluding carboxylic acids is 1. The molecule has 2 aliphatic rings. The lowest BCUT2D eigenvalue weighted by molar-refractivity contribution is -0.134. The van der Waals surface area contributed by atoms with Crippen molar-refractivity contribution in [2.24, 2.45) is 13.0 Å². The van der Waals surface area contributed by atoms with Gasteiger partial charge in [0.05, 0.1) is 12.6 Å². The van der Waals surface area contributed by atoms with E-state index in [1.807, 2.05) is 29.8 Å². The molecule has 0 saturated carbocycles. The zero-order chi connectivity index (χ0) is 20.4. The minimum absolute atomic E-state index is 0.110. The largest absolute Gasteiger partial charge is 0.385 e. The number of hydrogen-bond acceptors (Lipinski definition) is 4. The van der Waals surface area contributed by atoms with E-state index in [0.29, 0.717) is 12.4 Å². The van der Waals surface area contributed by atoms with Crippen LogP contribution >= 0.6 is 0 Å². The highest BCUT2D eigenvalue weighted by Gasteiger charge is 2.32. The SMILES string of the molecule is CN(C(=O)CN1CCC[C@H]([C@@H](O)c2nccn2C)C1)[C@H]1CCCc2ccccc21. The van der Waals surface area contributed by atoms with Crippen LogP contribution in [-0.2, 0) is 18.3 Å². The number of benzene rings is 1. The molecule has 2 heterocycles. The van der Waals surface area contributed by atoms with Gasteiger partial charge in [0.25, 0.3) is 0 Å². The first-order chi connectivity index (χ1) is 14.0. The third kappa shape index (κ3) is 4.23. The van der Waals surface area contributed by atoms with E-state index in [4.69, 9.17) is 0 Å². The second-order valence-electron chi connectivity index (χ2n) is 8.59. The van der Waals surface area contributed by atoms with E-state index in [0.717, 1.165) is 45.2 Å². The zero-order valence-electron chi connectivity index (χ0n) is 17.5. The first-order valence-electron chi connectivity index (χ1n) is 10.8. The van der Waals surface area contributed by atoms with Gasteiger partial charge >= 0.3 is 0 Å². The van der Waals surface area contributed by atoms with Gasteiger partial charge in [0.1, 0.15) is 11.9 Å². The van der Waals surface area contributed by atoms with Crippen molar-refractivity contribution in [3.8, 4) is 0 Å². The van der Waals surface area contributed by atoms with E-state index < -0.39 is 6.10 Å². The number of aromatic nitrogens is 2. The van der Waals surface area contributed by atoms with Crippen molar-refractivity contribution in [3.63, 3.8) is 0 Å². The summed E-state index contributed by atoms with van der Waals surface area (Å²) in [7, 11) is 3.85. The number of aryl methyl sites for hydroxylation is 2. The van der Waals surface area contributed by atoms with Gasteiger partial charge < -0.3 is 14.6 Å². The summed E-state index contributed by atoms with van der Waals surface area (Å²) in [5.41, 5.74) is 2.68. The lowest BCUT2D eigenvalue weighted by atomic mass is 9.87. The van der Waals surface area contributed by atoms with Crippen LogP contribution < -0.4 is 0 Å². The number of amides is 1. The molecule has 2 aromatic rings. The summed E-state index contributed by atoms with van der Waals surface area (Å²) in [6.45, 7) is 2.05. The predicted octanol–water partition coefficient (Wildman–Crippen LogP) is 2.70. The molecule has 3 atom stereocenters. The number of fused-ring (bicyclic) bond motifs is 1. The molecule has 1 aliphatic heterocycles. The van der Waals surface area contributed by atoms with Crippen molar-refractivity contribution >= 4 is 5.91 Å². The predicted molar refractivity (Wildman–Crippen MR) is 112 cm³/mol. The van der Waals surface area contributed by atoms with Gasteiger partial charge in [-0.15, -0.1) is 0 Å². The van der Waals surface area contributed by atoms with Gasteiger partial charge in [-0.05, 0) is 49.8 Å². The Hall–Kier alpha value is -2.18. The molecule has 1 fully saturated rings. The van der Waals surface area contributed by atoms with Crippen molar-refractivity contribution in [2.45, 2.75) is 44.2 Å². The van der Waals surface area contributed by atoms with Crippen LogP contribution in [0.2, 0.25) is 0 Å². The first-order valence-corrected chi connectivity index (χ1v) is 10.8. The highest BCUT2D eigenvalue weighted by molar-refractivity contribution is 5.78. The molecular weight excluding hydrogens is 364 g/mol. The smallest absolute Gasteiger partial charge is 0.237 e. The van der Waals surface area contributed by atoms with Crippen LogP contribution in [0.25, 0.3) is 0 Å². The molecule has 6 heteroatoms. The molecule has 1 N–H and O–H groups in total. The quantitative estimate of drug-likeness (QED) is 0.844. The molecule has 1 aromatic heterocycles. The normalized spacial score (nSPS) is 23.4. The molecule has 0 bridgehead atoms. The number of rotatable bonds is 5. The maximum Gasteiger partial charge on any atom is 0.237 e. The van der Waals surface area contributed by atoms with E-state index >= 15 is 0 Å². The second kappa shape index (κ2) is 8.67. The average Bonchev–Trinajstić information content (AvgIpc) is 3.18. The number of carbonyl (C=O) groups is 1. The molecule has 0 spiro atoms. The van der Waals surface area contributed by atoms with Crippen LogP contribution in [0.5, 0.6) is 0 Å². The Morgan fingerprint density at radius 2 is 2.14 bits per heavy atom. The van der Waals surface area contributed by atoms with Crippen LogP contribution in [0.4, 0.5) is 0 Å². The Morgan fingerprint density at radius 3 is 2.93 bits per heavy atom. The third-order valence-corrected chi connectivity index (χ3v) is 6.67. The molecule has 1 saturated heterocycles. The Morgan fingerprint density at radius 1 is 1.31 bits per heavy atom. The van der Waals surface area contributed by atoms with E-state index in [2.05, 4.69) is 34.1 Å². The van der Waals surface area contributed by atoms with E-state index in [1.165, 1.54) is 11.1 Å². The maximum atomic E-state index is 13.1. The van der Waals surface area contributed by atoms with Gasteiger partial charge in [-0.1, -0.05) is 24.3 Å². The lowest BCUT2D eigenvalue weighted by Gasteiger charge is -2.37. The molecule has 29 heavy (non-hydrogen) atoms. The van der Waals surface area contributed by atoms with Crippen molar-refractivity contribution in [1.82, 2.24) is 19.4 Å². The van der Waals surface area contributed by atoms with Crippen LogP contribution in [0.1, 0.15) is 54.8 Å². The summed E-state index contributed by atoms with van der Waals surface area (Å²) in [5, 5.41) is 10.8. The summed E-state index contributed by atoms with van der Waals surface area (Å²) in [5.74, 6) is 0.983. The Kier molecular flexibility index (Phi) is 6.01. The number of nitrogens with zero attached hydrogens (tertiary/aromatic N) is 4. The number of aliphatic hydroxyl groups excluding tert-OH is 1. The summed E-state index contributed by atoms with van der Waals surface area (Å²) >= 11 is 0. The van der Waals surface area contributed by atoms with Crippen molar-refractivity contribution in [1.29, 1.82) is 0 Å². The lowest BCUT2D eigenvalue weighted by Crippen LogP contribution is -2.45. The van der Waals surface area contributed by atoms with Crippen LogP contribution in [0.15, 0.2) is 36.7 Å². The fourth-order valence-electron chi connectivity index (χ4n) is 4.97. The monoisotopic (exact) mass is 396 g/mol. The molecule has 6 nitrogen and oxygen atoms in total. The van der Waals surface area contributed by atoms with Crippen molar-refractivity contribution < 1.29 is 9.90 Å². The Labute approximate surface area is 173 Å². The third-order valence-electron chi connectivity index (χ3n) is 6.67. The molecule has 4 rings (SSSR count). The first kappa shape index (κ1) is 20.1. The highest BCUT2D eigenvalue weighted by atomic mass is 16.3. The standard InChI is InChI=1S/C23H32N4O2/c1-25-14-12-24-23(25)22(29)18-9-6-13-27(15-18)16-21(28)26(2)20-11-5-8-17-7-3-4-10-19(17)20/h3-4,7,10,12,14,18,20,22,29H,5-6,8-9,11,13,15-16H2,1-2H3/t18-,20-,22+/m0/s1. The van der Waals surface area contributed by atoms with E-state index in [-0.39, 0.29) is 17.9 Å². The summed E-state index contributed by atoms with van der Waals surface area (Å²) in [6, 6.07) is 8.69. The zero-order valence-corrected chi connectivity index (χ0v) is 17.5. The summed E-state index contributed by atoms with van der Waals surface area (Å²) < 4.78 is 1.88. The minimum atomic E-state index is -0.587. The molecule has 1 aromatic carbocycles. The Balaban J connectivity index is 1.39. The molecule has 1 amide bonds. The number of hydrogen-bond donors (Lipinski definition) is 1. The van der Waals surface area contributed by atoms with Gasteiger partial charge in [0.2, 0.25) is 5.91 Å². The van der Waals surface area contributed by atoms with E-state index in [9.17, 15) is 9.90 Å². The van der Waals surface area contributed by atoms with Gasteiger partial charge in [0, 0.05) is 39.0 Å². The van der Waals surface area contributed by atoms with Crippen molar-refractivity contribution in [3.05, 3.63) is 53.6 Å². The fourth-order valence-corrected chi connectivity index (χ4v) is 4.97. The average molecular weight is 397 g/mol. The molecule has 156 valence electrons. The van der Waals surface area contributed by atoms with Crippen LogP contribution in [0, 0.1) is 5.92 Å². The molecule has 0 radical (unpaired) electrons. The number of likely N-dealkylation sites (N-methyl/N-ethyl adjacent to an activating group) is 1. The maximum absolute atomic E-state index is 13.1. The minimum Gasteiger partial charge on any atom is -0.385 e. The van der Waals surface area contributed by atoms with E-state index in [1.54, 1.807) is 6.20 Å². The van der Waals surface area contributed by atoms with Crippen LogP contribution in [0.3, 0.4) is 0 Å².